The monoisotopic (exact) mass is 646 g/mol. The molecule has 1 heterocycles. The number of nitrogens with zero attached hydrogens (tertiary/aromatic N) is 1. The molecule has 7 nitrogen and oxygen atoms in total. The highest BCUT2D eigenvalue weighted by molar-refractivity contribution is 6.08. The molecule has 0 spiro atoms. The zero-order chi connectivity index (χ0) is 33.7. The van der Waals surface area contributed by atoms with E-state index < -0.39 is 17.1 Å². The van der Waals surface area contributed by atoms with Crippen molar-refractivity contribution in [2.75, 3.05) is 11.9 Å². The Labute approximate surface area is 283 Å². The van der Waals surface area contributed by atoms with Crippen LogP contribution in [0.3, 0.4) is 0 Å². The summed E-state index contributed by atoms with van der Waals surface area (Å²) in [6.07, 6.45) is 7.55. The third-order valence-electron chi connectivity index (χ3n) is 10.6. The van der Waals surface area contributed by atoms with Gasteiger partial charge in [-0.15, -0.1) is 0 Å². The number of rotatable bonds is 7. The van der Waals surface area contributed by atoms with Crippen LogP contribution in [0, 0.1) is 5.41 Å². The van der Waals surface area contributed by atoms with Gasteiger partial charge >= 0.3 is 6.03 Å². The maximum Gasteiger partial charge on any atom is 0.322 e. The van der Waals surface area contributed by atoms with E-state index in [0.717, 1.165) is 29.5 Å². The largest absolute Gasteiger partial charge is 0.461 e. The van der Waals surface area contributed by atoms with Gasteiger partial charge in [-0.3, -0.25) is 4.79 Å². The van der Waals surface area contributed by atoms with Crippen molar-refractivity contribution in [3.63, 3.8) is 0 Å². The highest BCUT2D eigenvalue weighted by atomic mass is 16.3. The number of aliphatic hydroxyl groups excluding tert-OH is 1. The van der Waals surface area contributed by atoms with E-state index in [9.17, 15) is 19.8 Å². The van der Waals surface area contributed by atoms with E-state index in [-0.39, 0.29) is 30.0 Å². The molecule has 0 saturated heterocycles. The van der Waals surface area contributed by atoms with Gasteiger partial charge in [-0.25, -0.2) is 4.79 Å². The number of benzene rings is 3. The first kappa shape index (κ1) is 33.4. The molecular formula is C41H46N2O5. The average molecular weight is 647 g/mol. The molecule has 1 aromatic heterocycles. The number of carbonyl (C=O) groups is 2. The highest BCUT2D eigenvalue weighted by Gasteiger charge is 2.57. The van der Waals surface area contributed by atoms with Crippen LogP contribution >= 0.6 is 0 Å². The van der Waals surface area contributed by atoms with E-state index >= 15 is 0 Å². The number of hydrogen-bond acceptors (Lipinski definition) is 5. The number of aliphatic hydroxyl groups is 2. The lowest BCUT2D eigenvalue weighted by atomic mass is 9.64. The topological polar surface area (TPSA) is 103 Å². The minimum atomic E-state index is -1.25. The van der Waals surface area contributed by atoms with E-state index in [1.54, 1.807) is 17.0 Å². The van der Waals surface area contributed by atoms with E-state index in [1.807, 2.05) is 78.9 Å². The van der Waals surface area contributed by atoms with Crippen molar-refractivity contribution in [3.05, 3.63) is 137 Å². The Morgan fingerprint density at radius 3 is 2.44 bits per heavy atom. The van der Waals surface area contributed by atoms with E-state index in [4.69, 9.17) is 4.42 Å². The number of ketones is 1. The lowest BCUT2D eigenvalue weighted by Crippen LogP contribution is -2.54. The third kappa shape index (κ3) is 7.18. The number of urea groups is 1. The van der Waals surface area contributed by atoms with Crippen LogP contribution < -0.4 is 5.32 Å². The second kappa shape index (κ2) is 14.3. The molecule has 48 heavy (non-hydrogen) atoms. The van der Waals surface area contributed by atoms with Crippen LogP contribution in [0.5, 0.6) is 0 Å². The van der Waals surface area contributed by atoms with Gasteiger partial charge in [0.2, 0.25) is 5.78 Å². The molecular weight excluding hydrogens is 600 g/mol. The van der Waals surface area contributed by atoms with Gasteiger partial charge < -0.3 is 24.8 Å². The molecule has 3 aliphatic rings. The summed E-state index contributed by atoms with van der Waals surface area (Å²) in [6.45, 7) is 4.69. The van der Waals surface area contributed by atoms with Crippen LogP contribution in [0.1, 0.15) is 91.1 Å². The van der Waals surface area contributed by atoms with Crippen LogP contribution in [-0.4, -0.2) is 45.2 Å². The normalized spacial score (nSPS) is 24.3. The second-order valence-electron chi connectivity index (χ2n) is 13.9. The zero-order valence-electron chi connectivity index (χ0n) is 27.9. The van der Waals surface area contributed by atoms with Gasteiger partial charge in [0.1, 0.15) is 0 Å². The van der Waals surface area contributed by atoms with Crippen molar-refractivity contribution in [1.82, 2.24) is 4.90 Å². The van der Waals surface area contributed by atoms with E-state index in [0.29, 0.717) is 49.9 Å². The molecule has 1 fully saturated rings. The summed E-state index contributed by atoms with van der Waals surface area (Å²) in [4.78, 5) is 29.7. The molecule has 7 rings (SSSR count). The summed E-state index contributed by atoms with van der Waals surface area (Å²) >= 11 is 0. The maximum atomic E-state index is 14.0. The number of furan rings is 1. The molecule has 2 bridgehead atoms. The quantitative estimate of drug-likeness (QED) is 0.139. The molecule has 4 aromatic rings. The van der Waals surface area contributed by atoms with Gasteiger partial charge in [-0.05, 0) is 105 Å². The van der Waals surface area contributed by atoms with Gasteiger partial charge in [0.05, 0.1) is 24.5 Å². The molecule has 4 atom stereocenters. The molecule has 1 saturated carbocycles. The Bertz CT molecular complexity index is 1740. The van der Waals surface area contributed by atoms with Gasteiger partial charge in [-0.1, -0.05) is 79.2 Å². The van der Waals surface area contributed by atoms with Crippen molar-refractivity contribution in [2.24, 2.45) is 5.41 Å². The number of hydrogen-bond donors (Lipinski definition) is 3. The lowest BCUT2D eigenvalue weighted by Gasteiger charge is -2.46. The SMILES string of the molecule is CC1=CCCC2(C)C(CCC2(O)CN(Cc2ccccc2)C(=O)Nc2ccccc2)c2ccc(cc2C(=O)c2ccco2)CC(O)CC1. The molecule has 3 N–H and O–H groups in total. The standard InChI is InChI=1S/C41H46N2O5/c1-29-11-9-22-40(2)36(34-20-18-31(25-33(44)19-17-29)26-35(34)38(45)37-16-10-24-48-37)21-23-41(40,47)28-43(27-30-12-5-3-6-13-30)39(46)42-32-14-7-4-8-15-32/h3-8,10-16,18,20,24,26,33,36,44,47H,9,17,19,21-23,25,27-28H2,1-2H3,(H,42,46). The number of amides is 2. The van der Waals surface area contributed by atoms with Crippen molar-refractivity contribution in [2.45, 2.75) is 83.0 Å². The van der Waals surface area contributed by atoms with Crippen molar-refractivity contribution >= 4 is 17.5 Å². The number of allylic oxidation sites excluding steroid dienone is 2. The summed E-state index contributed by atoms with van der Waals surface area (Å²) in [5.74, 6) is -0.113. The fourth-order valence-corrected chi connectivity index (χ4v) is 7.78. The Hall–Kier alpha value is -4.46. The minimum absolute atomic E-state index is 0.127. The zero-order valence-corrected chi connectivity index (χ0v) is 27.9. The summed E-state index contributed by atoms with van der Waals surface area (Å²) in [5.41, 5.74) is 3.24. The maximum absolute atomic E-state index is 14.0. The number of fused-ring (bicyclic) bond motifs is 8. The van der Waals surface area contributed by atoms with Crippen LogP contribution in [-0.2, 0) is 13.0 Å². The van der Waals surface area contributed by atoms with E-state index in [2.05, 4.69) is 25.2 Å². The van der Waals surface area contributed by atoms with Gasteiger partial charge in [0.25, 0.3) is 0 Å². The molecule has 4 unspecified atom stereocenters. The Morgan fingerprint density at radius 1 is 0.958 bits per heavy atom. The second-order valence-corrected chi connectivity index (χ2v) is 13.9. The fraction of sp³-hybridized carbons (Fsp3) is 0.366. The summed E-state index contributed by atoms with van der Waals surface area (Å²) in [6, 6.07) is 28.3. The smallest absolute Gasteiger partial charge is 0.322 e. The lowest BCUT2D eigenvalue weighted by molar-refractivity contribution is -0.0773. The average Bonchev–Trinajstić information content (AvgIpc) is 3.71. The van der Waals surface area contributed by atoms with E-state index in [1.165, 1.54) is 11.8 Å². The Morgan fingerprint density at radius 2 is 1.71 bits per heavy atom. The Balaban J connectivity index is 1.41. The number of nitrogens with one attached hydrogen (secondary N) is 1. The predicted octanol–water partition coefficient (Wildman–Crippen LogP) is 8.28. The first-order valence-electron chi connectivity index (χ1n) is 17.1. The van der Waals surface area contributed by atoms with Crippen LogP contribution in [0.4, 0.5) is 10.5 Å². The van der Waals surface area contributed by atoms with Gasteiger partial charge in [-0.2, -0.15) is 0 Å². The Kier molecular flexibility index (Phi) is 9.99. The number of para-hydroxylation sites is 1. The fourth-order valence-electron chi connectivity index (χ4n) is 7.78. The molecule has 250 valence electrons. The van der Waals surface area contributed by atoms with Crippen molar-refractivity contribution < 1.29 is 24.2 Å². The highest BCUT2D eigenvalue weighted by Crippen LogP contribution is 2.59. The van der Waals surface area contributed by atoms with Crippen LogP contribution in [0.25, 0.3) is 0 Å². The third-order valence-corrected chi connectivity index (χ3v) is 10.6. The first-order valence-corrected chi connectivity index (χ1v) is 17.1. The molecule has 7 heteroatoms. The first-order chi connectivity index (χ1) is 23.1. The van der Waals surface area contributed by atoms with Crippen molar-refractivity contribution in [3.8, 4) is 0 Å². The molecule has 3 aliphatic carbocycles. The molecule has 0 aliphatic heterocycles. The van der Waals surface area contributed by atoms with Crippen molar-refractivity contribution in [1.29, 1.82) is 0 Å². The van der Waals surface area contributed by atoms with Crippen LogP contribution in [0.2, 0.25) is 0 Å². The number of anilines is 1. The van der Waals surface area contributed by atoms with Gasteiger partial charge in [0.15, 0.2) is 5.76 Å². The molecule has 2 amide bonds. The minimum Gasteiger partial charge on any atom is -0.461 e. The summed E-state index contributed by atoms with van der Waals surface area (Å²) in [7, 11) is 0. The molecule has 3 aromatic carbocycles. The molecule has 0 radical (unpaired) electrons. The number of carbonyl (C=O) groups excluding carboxylic acids is 2. The summed E-state index contributed by atoms with van der Waals surface area (Å²) in [5, 5.41) is 26.8. The van der Waals surface area contributed by atoms with Crippen LogP contribution in [0.15, 0.2) is 113 Å². The van der Waals surface area contributed by atoms with Gasteiger partial charge in [0, 0.05) is 23.2 Å². The predicted molar refractivity (Wildman–Crippen MR) is 188 cm³/mol. The summed E-state index contributed by atoms with van der Waals surface area (Å²) < 4.78 is 5.57.